The van der Waals surface area contributed by atoms with Gasteiger partial charge in [-0.2, -0.15) is 0 Å². The molecule has 1 aromatic carbocycles. The number of hydrogen-bond donors (Lipinski definition) is 1. The van der Waals surface area contributed by atoms with Gasteiger partial charge in [0.2, 0.25) is 0 Å². The summed E-state index contributed by atoms with van der Waals surface area (Å²) in [7, 11) is 0. The highest BCUT2D eigenvalue weighted by molar-refractivity contribution is 5.69. The lowest BCUT2D eigenvalue weighted by Crippen LogP contribution is -2.46. The van der Waals surface area contributed by atoms with E-state index in [1.165, 1.54) is 0 Å². The smallest absolute Gasteiger partial charge is 0.410 e. The van der Waals surface area contributed by atoms with E-state index in [4.69, 9.17) is 4.74 Å². The average Bonchev–Trinajstić information content (AvgIpc) is 2.39. The lowest BCUT2D eigenvalue weighted by molar-refractivity contribution is -0.00731. The van der Waals surface area contributed by atoms with E-state index in [2.05, 4.69) is 13.8 Å². The third-order valence-electron chi connectivity index (χ3n) is 4.40. The van der Waals surface area contributed by atoms with Crippen LogP contribution in [0.15, 0.2) is 24.3 Å². The summed E-state index contributed by atoms with van der Waals surface area (Å²) in [5, 5.41) is 9.77. The van der Waals surface area contributed by atoms with Crippen LogP contribution in [-0.4, -0.2) is 28.2 Å². The Kier molecular flexibility index (Phi) is 4.69. The molecule has 0 bridgehead atoms. The quantitative estimate of drug-likeness (QED) is 0.839. The summed E-state index contributed by atoms with van der Waals surface area (Å²) in [6, 6.07) is 7.13. The molecule has 1 N–H and O–H groups in total. The number of phenols is 1. The monoisotopic (exact) mass is 305 g/mol. The van der Waals surface area contributed by atoms with Crippen molar-refractivity contribution >= 4 is 6.09 Å². The Bertz CT molecular complexity index is 535. The van der Waals surface area contributed by atoms with Crippen LogP contribution in [0.2, 0.25) is 0 Å². The highest BCUT2D eigenvalue weighted by atomic mass is 16.6. The molecular weight excluding hydrogens is 278 g/mol. The number of piperidine rings is 1. The number of benzene rings is 1. The largest absolute Gasteiger partial charge is 0.508 e. The van der Waals surface area contributed by atoms with Gasteiger partial charge in [0.1, 0.15) is 11.4 Å². The minimum atomic E-state index is -0.507. The van der Waals surface area contributed by atoms with Crippen LogP contribution >= 0.6 is 0 Å². The second-order valence-electron chi connectivity index (χ2n) is 7.34. The summed E-state index contributed by atoms with van der Waals surface area (Å²) in [5.41, 5.74) is 0.456. The summed E-state index contributed by atoms with van der Waals surface area (Å²) in [4.78, 5) is 14.4. The van der Waals surface area contributed by atoms with Gasteiger partial charge in [0.05, 0.1) is 6.04 Å². The fourth-order valence-corrected chi connectivity index (χ4v) is 3.06. The molecule has 22 heavy (non-hydrogen) atoms. The Morgan fingerprint density at radius 2 is 2.00 bits per heavy atom. The first-order valence-electron chi connectivity index (χ1n) is 7.97. The standard InChI is InChI=1S/C18H27NO3/c1-12-9-10-19(17(21)22-18(3,4)5)16(13(12)2)14-7-6-8-15(20)11-14/h6-8,11-13,16,20H,9-10H2,1-5H3/t12-,13-,16?/m1/s1. The van der Waals surface area contributed by atoms with Gasteiger partial charge in [-0.25, -0.2) is 4.79 Å². The van der Waals surface area contributed by atoms with E-state index in [9.17, 15) is 9.90 Å². The Balaban J connectivity index is 2.32. The van der Waals surface area contributed by atoms with Crippen molar-refractivity contribution in [2.45, 2.75) is 52.7 Å². The lowest BCUT2D eigenvalue weighted by atomic mass is 9.79. The summed E-state index contributed by atoms with van der Waals surface area (Å²) in [5.74, 6) is 1.06. The van der Waals surface area contributed by atoms with Crippen LogP contribution in [0.25, 0.3) is 0 Å². The molecule has 4 heteroatoms. The Morgan fingerprint density at radius 1 is 1.32 bits per heavy atom. The van der Waals surface area contributed by atoms with Crippen LogP contribution in [-0.2, 0) is 4.74 Å². The second kappa shape index (κ2) is 6.19. The van der Waals surface area contributed by atoms with Crippen molar-refractivity contribution in [3.8, 4) is 5.75 Å². The zero-order valence-corrected chi connectivity index (χ0v) is 14.2. The van der Waals surface area contributed by atoms with Crippen molar-refractivity contribution in [2.75, 3.05) is 6.54 Å². The van der Waals surface area contributed by atoms with E-state index >= 15 is 0 Å². The lowest BCUT2D eigenvalue weighted by Gasteiger charge is -2.43. The molecule has 1 aliphatic rings. The summed E-state index contributed by atoms with van der Waals surface area (Å²) in [6.07, 6.45) is 0.690. The van der Waals surface area contributed by atoms with Gasteiger partial charge >= 0.3 is 6.09 Å². The molecule has 0 aliphatic carbocycles. The number of rotatable bonds is 1. The van der Waals surface area contributed by atoms with Gasteiger partial charge in [-0.05, 0) is 56.7 Å². The molecule has 1 saturated heterocycles. The highest BCUT2D eigenvalue weighted by Crippen LogP contribution is 2.40. The van der Waals surface area contributed by atoms with Crippen molar-refractivity contribution in [1.82, 2.24) is 4.90 Å². The molecule has 0 radical (unpaired) electrons. The topological polar surface area (TPSA) is 49.8 Å². The van der Waals surface area contributed by atoms with Crippen LogP contribution in [0.4, 0.5) is 4.79 Å². The van der Waals surface area contributed by atoms with E-state index in [1.807, 2.05) is 37.8 Å². The molecular formula is C18H27NO3. The number of hydrogen-bond acceptors (Lipinski definition) is 3. The minimum Gasteiger partial charge on any atom is -0.508 e. The van der Waals surface area contributed by atoms with Gasteiger partial charge < -0.3 is 14.7 Å². The van der Waals surface area contributed by atoms with Crippen LogP contribution in [0.5, 0.6) is 5.75 Å². The maximum absolute atomic E-state index is 12.6. The van der Waals surface area contributed by atoms with Gasteiger partial charge in [-0.1, -0.05) is 26.0 Å². The number of nitrogens with zero attached hydrogens (tertiary/aromatic N) is 1. The highest BCUT2D eigenvalue weighted by Gasteiger charge is 2.38. The fourth-order valence-electron chi connectivity index (χ4n) is 3.06. The summed E-state index contributed by atoms with van der Waals surface area (Å²) < 4.78 is 5.57. The molecule has 1 unspecified atom stereocenters. The van der Waals surface area contributed by atoms with Crippen molar-refractivity contribution in [2.24, 2.45) is 11.8 Å². The minimum absolute atomic E-state index is 0.0642. The van der Waals surface area contributed by atoms with E-state index < -0.39 is 5.60 Å². The van der Waals surface area contributed by atoms with Crippen molar-refractivity contribution < 1.29 is 14.6 Å². The maximum Gasteiger partial charge on any atom is 0.410 e. The number of likely N-dealkylation sites (tertiary alicyclic amines) is 1. The number of phenolic OH excluding ortho intramolecular Hbond substituents is 1. The van der Waals surface area contributed by atoms with Crippen LogP contribution in [0, 0.1) is 11.8 Å². The molecule has 1 aliphatic heterocycles. The Hall–Kier alpha value is -1.71. The van der Waals surface area contributed by atoms with Crippen molar-refractivity contribution in [3.63, 3.8) is 0 Å². The van der Waals surface area contributed by atoms with Crippen molar-refractivity contribution in [1.29, 1.82) is 0 Å². The summed E-state index contributed by atoms with van der Waals surface area (Å²) in [6.45, 7) is 10.7. The number of amides is 1. The normalized spacial score (nSPS) is 25.9. The number of aromatic hydroxyl groups is 1. The molecule has 4 nitrogen and oxygen atoms in total. The molecule has 2 rings (SSSR count). The SMILES string of the molecule is C[C@@H]1CCN(C(=O)OC(C)(C)C)C(c2cccc(O)c2)[C@@H]1C. The molecule has 122 valence electrons. The molecule has 1 aromatic rings. The second-order valence-corrected chi connectivity index (χ2v) is 7.34. The van der Waals surface area contributed by atoms with Gasteiger partial charge in [-0.15, -0.1) is 0 Å². The molecule has 1 heterocycles. The third kappa shape index (κ3) is 3.73. The predicted octanol–water partition coefficient (Wildman–Crippen LogP) is 4.35. The van der Waals surface area contributed by atoms with Crippen LogP contribution < -0.4 is 0 Å². The van der Waals surface area contributed by atoms with Crippen LogP contribution in [0.1, 0.15) is 52.6 Å². The third-order valence-corrected chi connectivity index (χ3v) is 4.40. The zero-order chi connectivity index (χ0) is 16.5. The van der Waals surface area contributed by atoms with Crippen molar-refractivity contribution in [3.05, 3.63) is 29.8 Å². The number of carbonyl (C=O) groups is 1. The number of carbonyl (C=O) groups excluding carboxylic acids is 1. The first-order valence-corrected chi connectivity index (χ1v) is 7.97. The molecule has 3 atom stereocenters. The molecule has 0 saturated carbocycles. The molecule has 0 spiro atoms. The Labute approximate surface area is 133 Å². The molecule has 1 amide bonds. The Morgan fingerprint density at radius 3 is 2.59 bits per heavy atom. The van der Waals surface area contributed by atoms with E-state index in [0.717, 1.165) is 12.0 Å². The van der Waals surface area contributed by atoms with Gasteiger partial charge in [0.15, 0.2) is 0 Å². The predicted molar refractivity (Wildman–Crippen MR) is 86.7 cm³/mol. The van der Waals surface area contributed by atoms with Crippen LogP contribution in [0.3, 0.4) is 0 Å². The van der Waals surface area contributed by atoms with Gasteiger partial charge in [0, 0.05) is 6.54 Å². The fraction of sp³-hybridized carbons (Fsp3) is 0.611. The van der Waals surface area contributed by atoms with E-state index in [0.29, 0.717) is 18.4 Å². The van der Waals surface area contributed by atoms with Gasteiger partial charge in [0.25, 0.3) is 0 Å². The van der Waals surface area contributed by atoms with Gasteiger partial charge in [-0.3, -0.25) is 0 Å². The number of ether oxygens (including phenoxy) is 1. The summed E-state index contributed by atoms with van der Waals surface area (Å²) >= 11 is 0. The zero-order valence-electron chi connectivity index (χ0n) is 14.2. The van der Waals surface area contributed by atoms with E-state index in [1.54, 1.807) is 12.1 Å². The molecule has 0 aromatic heterocycles. The molecule has 1 fully saturated rings. The first kappa shape index (κ1) is 16.7. The first-order chi connectivity index (χ1) is 10.2. The van der Waals surface area contributed by atoms with E-state index in [-0.39, 0.29) is 17.9 Å². The average molecular weight is 305 g/mol. The maximum atomic E-state index is 12.6.